The number of nitrogens with zero attached hydrogens (tertiary/aromatic N) is 4. The SMILES string of the molecule is CC(C)Oc1cnc2c(c1)c(C#N)c(-c1ccc(S(=O)(=O)N[C@@H](C)C(F)(F)F)cn1)n2C1CCC1. The van der Waals surface area contributed by atoms with Crippen LogP contribution in [0.15, 0.2) is 35.5 Å². The first-order chi connectivity index (χ1) is 16.4. The lowest BCUT2D eigenvalue weighted by Crippen LogP contribution is -2.42. The normalized spacial score (nSPS) is 15.7. The number of aromatic nitrogens is 3. The van der Waals surface area contributed by atoms with Crippen molar-refractivity contribution in [3.05, 3.63) is 36.2 Å². The molecule has 4 rings (SSSR count). The highest BCUT2D eigenvalue weighted by atomic mass is 32.2. The smallest absolute Gasteiger partial charge is 0.404 e. The predicted molar refractivity (Wildman–Crippen MR) is 122 cm³/mol. The molecule has 3 aromatic heterocycles. The van der Waals surface area contributed by atoms with Gasteiger partial charge in [-0.25, -0.2) is 13.4 Å². The van der Waals surface area contributed by atoms with Gasteiger partial charge in [0.15, 0.2) is 0 Å². The minimum absolute atomic E-state index is 0.0854. The van der Waals surface area contributed by atoms with E-state index in [1.807, 2.05) is 18.4 Å². The molecule has 12 heteroatoms. The number of nitrogens with one attached hydrogen (secondary N) is 1. The Morgan fingerprint density at radius 1 is 1.20 bits per heavy atom. The van der Waals surface area contributed by atoms with E-state index < -0.39 is 27.1 Å². The predicted octanol–water partition coefficient (Wildman–Crippen LogP) is 4.71. The number of nitriles is 1. The summed E-state index contributed by atoms with van der Waals surface area (Å²) in [6.07, 6.45) is 0.575. The van der Waals surface area contributed by atoms with Crippen LogP contribution in [-0.2, 0) is 10.0 Å². The van der Waals surface area contributed by atoms with Crippen LogP contribution >= 0.6 is 0 Å². The molecule has 1 aliphatic rings. The number of pyridine rings is 2. The molecule has 35 heavy (non-hydrogen) atoms. The largest absolute Gasteiger partial charge is 0.489 e. The van der Waals surface area contributed by atoms with E-state index in [0.717, 1.165) is 32.4 Å². The van der Waals surface area contributed by atoms with Crippen molar-refractivity contribution >= 4 is 21.1 Å². The molecular weight excluding hydrogens is 483 g/mol. The van der Waals surface area contributed by atoms with E-state index in [1.54, 1.807) is 17.0 Å². The van der Waals surface area contributed by atoms with Crippen LogP contribution < -0.4 is 9.46 Å². The third-order valence-electron chi connectivity index (χ3n) is 5.85. The Labute approximate surface area is 200 Å². The average Bonchev–Trinajstić information content (AvgIpc) is 3.04. The van der Waals surface area contributed by atoms with Gasteiger partial charge in [0.25, 0.3) is 0 Å². The Balaban J connectivity index is 1.80. The van der Waals surface area contributed by atoms with Gasteiger partial charge in [0, 0.05) is 17.6 Å². The van der Waals surface area contributed by atoms with Crippen LogP contribution in [0.3, 0.4) is 0 Å². The standard InChI is InChI=1S/C23H24F3N5O3S/c1-13(2)34-16-9-18-19(10-27)21(31(15-5-4-6-15)22(18)29-11-16)20-8-7-17(12-28-20)35(32,33)30-14(3)23(24,25)26/h7-9,11-15,30H,4-6H2,1-3H3/t14-/m0/s1. The Morgan fingerprint density at radius 3 is 2.43 bits per heavy atom. The molecule has 186 valence electrons. The first kappa shape index (κ1) is 24.9. The first-order valence-corrected chi connectivity index (χ1v) is 12.6. The summed E-state index contributed by atoms with van der Waals surface area (Å²) in [7, 11) is -4.45. The number of alkyl halides is 3. The molecule has 3 aromatic rings. The number of ether oxygens (including phenoxy) is 1. The van der Waals surface area contributed by atoms with Gasteiger partial charge >= 0.3 is 6.18 Å². The summed E-state index contributed by atoms with van der Waals surface area (Å²) in [6, 6.07) is 4.38. The lowest BCUT2D eigenvalue weighted by Gasteiger charge is -2.29. The number of rotatable bonds is 7. The summed E-state index contributed by atoms with van der Waals surface area (Å²) in [4.78, 5) is 8.37. The van der Waals surface area contributed by atoms with Crippen LogP contribution in [0.2, 0.25) is 0 Å². The van der Waals surface area contributed by atoms with Gasteiger partial charge in [-0.05, 0) is 58.2 Å². The first-order valence-electron chi connectivity index (χ1n) is 11.1. The van der Waals surface area contributed by atoms with E-state index in [4.69, 9.17) is 4.74 Å². The Hall–Kier alpha value is -3.17. The number of hydrogen-bond acceptors (Lipinski definition) is 6. The van der Waals surface area contributed by atoms with E-state index in [1.165, 1.54) is 12.1 Å². The number of halogens is 3. The maximum absolute atomic E-state index is 12.8. The van der Waals surface area contributed by atoms with Crippen molar-refractivity contribution in [1.82, 2.24) is 19.3 Å². The van der Waals surface area contributed by atoms with Crippen LogP contribution in [0.4, 0.5) is 13.2 Å². The maximum atomic E-state index is 12.8. The summed E-state index contributed by atoms with van der Waals surface area (Å²) < 4.78 is 72.6. The monoisotopic (exact) mass is 507 g/mol. The highest BCUT2D eigenvalue weighted by Gasteiger charge is 2.39. The second-order valence-electron chi connectivity index (χ2n) is 8.76. The molecule has 0 aromatic carbocycles. The van der Waals surface area contributed by atoms with Gasteiger partial charge in [-0.3, -0.25) is 4.98 Å². The molecule has 8 nitrogen and oxygen atoms in total. The van der Waals surface area contributed by atoms with Crippen LogP contribution in [0.25, 0.3) is 22.4 Å². The Kier molecular flexibility index (Phi) is 6.50. The molecule has 0 saturated heterocycles. The third kappa shape index (κ3) is 4.83. The summed E-state index contributed by atoms with van der Waals surface area (Å²) in [6.45, 7) is 4.48. The van der Waals surface area contributed by atoms with Crippen molar-refractivity contribution < 1.29 is 26.3 Å². The zero-order valence-corrected chi connectivity index (χ0v) is 20.1. The van der Waals surface area contributed by atoms with Crippen molar-refractivity contribution in [3.8, 4) is 23.2 Å². The fourth-order valence-electron chi connectivity index (χ4n) is 3.92. The molecule has 1 aliphatic carbocycles. The summed E-state index contributed by atoms with van der Waals surface area (Å²) in [5, 5.41) is 10.6. The molecule has 1 saturated carbocycles. The summed E-state index contributed by atoms with van der Waals surface area (Å²) >= 11 is 0. The second-order valence-corrected chi connectivity index (χ2v) is 10.5. The van der Waals surface area contributed by atoms with Gasteiger partial charge in [0.1, 0.15) is 28.4 Å². The fraction of sp³-hybridized carbons (Fsp3) is 0.435. The summed E-state index contributed by atoms with van der Waals surface area (Å²) in [5.41, 5.74) is 1.72. The molecular formula is C23H24F3N5O3S. The van der Waals surface area contributed by atoms with Crippen LogP contribution in [-0.4, -0.2) is 41.3 Å². The molecule has 0 spiro atoms. The van der Waals surface area contributed by atoms with Gasteiger partial charge in [-0.2, -0.15) is 23.2 Å². The third-order valence-corrected chi connectivity index (χ3v) is 7.38. The van der Waals surface area contributed by atoms with Crippen LogP contribution in [0, 0.1) is 11.3 Å². The minimum Gasteiger partial charge on any atom is -0.489 e. The van der Waals surface area contributed by atoms with Crippen LogP contribution in [0.5, 0.6) is 5.75 Å². The van der Waals surface area contributed by atoms with Gasteiger partial charge in [-0.1, -0.05) is 0 Å². The average molecular weight is 508 g/mol. The van der Waals surface area contributed by atoms with Gasteiger partial charge in [0.05, 0.1) is 29.3 Å². The van der Waals surface area contributed by atoms with E-state index in [0.29, 0.717) is 33.7 Å². The molecule has 0 amide bonds. The summed E-state index contributed by atoms with van der Waals surface area (Å²) in [5.74, 6) is 0.514. The zero-order valence-electron chi connectivity index (χ0n) is 19.3. The van der Waals surface area contributed by atoms with Gasteiger partial charge in [-0.15, -0.1) is 0 Å². The van der Waals surface area contributed by atoms with E-state index >= 15 is 0 Å². The van der Waals surface area contributed by atoms with E-state index in [2.05, 4.69) is 16.0 Å². The minimum atomic E-state index is -4.73. The fourth-order valence-corrected chi connectivity index (χ4v) is 5.09. The zero-order chi connectivity index (χ0) is 25.5. The highest BCUT2D eigenvalue weighted by molar-refractivity contribution is 7.89. The number of sulfonamides is 1. The maximum Gasteiger partial charge on any atom is 0.404 e. The molecule has 3 heterocycles. The number of fused-ring (bicyclic) bond motifs is 1. The Morgan fingerprint density at radius 2 is 1.91 bits per heavy atom. The van der Waals surface area contributed by atoms with Crippen molar-refractivity contribution in [1.29, 1.82) is 5.26 Å². The molecule has 1 fully saturated rings. The molecule has 0 radical (unpaired) electrons. The van der Waals surface area contributed by atoms with Gasteiger partial charge in [0.2, 0.25) is 10.0 Å². The topological polar surface area (TPSA) is 110 Å². The lowest BCUT2D eigenvalue weighted by molar-refractivity contribution is -0.147. The molecule has 1 atom stereocenters. The number of hydrogen-bond donors (Lipinski definition) is 1. The van der Waals surface area contributed by atoms with Crippen molar-refractivity contribution in [2.45, 2.75) is 69.3 Å². The van der Waals surface area contributed by atoms with Crippen LogP contribution in [0.1, 0.15) is 51.6 Å². The molecule has 0 aliphatic heterocycles. The van der Waals surface area contributed by atoms with Crippen molar-refractivity contribution in [2.24, 2.45) is 0 Å². The molecule has 0 bridgehead atoms. The second kappa shape index (κ2) is 9.13. The quantitative estimate of drug-likeness (QED) is 0.496. The Bertz CT molecular complexity index is 1390. The molecule has 1 N–H and O–H groups in total. The van der Waals surface area contributed by atoms with Crippen molar-refractivity contribution in [2.75, 3.05) is 0 Å². The van der Waals surface area contributed by atoms with E-state index in [-0.39, 0.29) is 12.1 Å². The van der Waals surface area contributed by atoms with Crippen molar-refractivity contribution in [3.63, 3.8) is 0 Å². The van der Waals surface area contributed by atoms with E-state index in [9.17, 15) is 26.9 Å². The lowest BCUT2D eigenvalue weighted by atomic mass is 9.92. The highest BCUT2D eigenvalue weighted by Crippen LogP contribution is 2.42. The van der Waals surface area contributed by atoms with Gasteiger partial charge < -0.3 is 9.30 Å². The molecule has 0 unspecified atom stereocenters.